The Kier molecular flexibility index (Phi) is 5.28. The lowest BCUT2D eigenvalue weighted by atomic mass is 10.00. The quantitative estimate of drug-likeness (QED) is 0.476. The fourth-order valence-corrected chi connectivity index (χ4v) is 5.10. The van der Waals surface area contributed by atoms with Gasteiger partial charge in [-0.05, 0) is 29.7 Å². The first-order valence-corrected chi connectivity index (χ1v) is 11.7. The minimum Gasteiger partial charge on any atom is -0.396 e. The number of fused-ring (bicyclic) bond motifs is 3. The van der Waals surface area contributed by atoms with E-state index in [4.69, 9.17) is 9.72 Å². The summed E-state index contributed by atoms with van der Waals surface area (Å²) in [5.41, 5.74) is 4.30. The lowest BCUT2D eigenvalue weighted by Gasteiger charge is -2.26. The van der Waals surface area contributed by atoms with Gasteiger partial charge in [-0.1, -0.05) is 36.4 Å². The molecule has 8 heteroatoms. The summed E-state index contributed by atoms with van der Waals surface area (Å²) in [5, 5.41) is 19.8. The number of aliphatic hydroxyl groups is 2. The van der Waals surface area contributed by atoms with Crippen LogP contribution in [0.15, 0.2) is 60.9 Å². The SMILES string of the molecule is OCCC1(O)CCN(c2ncc(-c3ccc4nc5n(c4c3)[C@@H](c3ccccc3)COC5)cn2)C1. The summed E-state index contributed by atoms with van der Waals surface area (Å²) in [6, 6.07) is 16.7. The van der Waals surface area contributed by atoms with Crippen molar-refractivity contribution in [3.63, 3.8) is 0 Å². The van der Waals surface area contributed by atoms with Crippen molar-refractivity contribution in [2.45, 2.75) is 31.1 Å². The maximum Gasteiger partial charge on any atom is 0.225 e. The highest BCUT2D eigenvalue weighted by molar-refractivity contribution is 5.83. The number of benzene rings is 2. The Balaban J connectivity index is 1.31. The fourth-order valence-electron chi connectivity index (χ4n) is 5.10. The highest BCUT2D eigenvalue weighted by atomic mass is 16.5. The highest BCUT2D eigenvalue weighted by Crippen LogP contribution is 2.33. The zero-order valence-corrected chi connectivity index (χ0v) is 18.8. The summed E-state index contributed by atoms with van der Waals surface area (Å²) < 4.78 is 8.15. The van der Waals surface area contributed by atoms with Crippen LogP contribution in [0.25, 0.3) is 22.2 Å². The summed E-state index contributed by atoms with van der Waals surface area (Å²) in [4.78, 5) is 15.9. The minimum atomic E-state index is -0.873. The summed E-state index contributed by atoms with van der Waals surface area (Å²) >= 11 is 0. The van der Waals surface area contributed by atoms with Crippen molar-refractivity contribution in [2.24, 2.45) is 0 Å². The van der Waals surface area contributed by atoms with E-state index in [1.807, 2.05) is 35.5 Å². The third kappa shape index (κ3) is 3.73. The van der Waals surface area contributed by atoms with Gasteiger partial charge in [0.2, 0.25) is 5.95 Å². The second kappa shape index (κ2) is 8.47. The largest absolute Gasteiger partial charge is 0.396 e. The van der Waals surface area contributed by atoms with E-state index in [0.717, 1.165) is 28.0 Å². The number of ether oxygens (including phenoxy) is 1. The number of anilines is 1. The van der Waals surface area contributed by atoms with Crippen molar-refractivity contribution in [1.82, 2.24) is 19.5 Å². The second-order valence-electron chi connectivity index (χ2n) is 9.18. The van der Waals surface area contributed by atoms with Crippen molar-refractivity contribution in [2.75, 3.05) is 31.2 Å². The molecule has 0 amide bonds. The van der Waals surface area contributed by atoms with Crippen LogP contribution in [0.2, 0.25) is 0 Å². The Morgan fingerprint density at radius 1 is 1.06 bits per heavy atom. The van der Waals surface area contributed by atoms with Gasteiger partial charge < -0.3 is 24.4 Å². The van der Waals surface area contributed by atoms with Gasteiger partial charge in [-0.25, -0.2) is 15.0 Å². The molecule has 2 aliphatic heterocycles. The summed E-state index contributed by atoms with van der Waals surface area (Å²) in [6.07, 6.45) is 4.64. The maximum atomic E-state index is 10.6. The van der Waals surface area contributed by atoms with Gasteiger partial charge in [-0.15, -0.1) is 0 Å². The summed E-state index contributed by atoms with van der Waals surface area (Å²) in [6.45, 7) is 2.20. The van der Waals surface area contributed by atoms with Crippen LogP contribution < -0.4 is 4.90 Å². The molecule has 34 heavy (non-hydrogen) atoms. The summed E-state index contributed by atoms with van der Waals surface area (Å²) in [7, 11) is 0. The van der Waals surface area contributed by atoms with E-state index in [-0.39, 0.29) is 12.6 Å². The van der Waals surface area contributed by atoms with Gasteiger partial charge in [0.1, 0.15) is 12.4 Å². The number of hydrogen-bond donors (Lipinski definition) is 2. The van der Waals surface area contributed by atoms with E-state index in [0.29, 0.717) is 45.1 Å². The van der Waals surface area contributed by atoms with Gasteiger partial charge in [-0.3, -0.25) is 0 Å². The molecule has 0 saturated carbocycles. The molecule has 2 aliphatic rings. The van der Waals surface area contributed by atoms with Crippen molar-refractivity contribution in [1.29, 1.82) is 0 Å². The Hall–Kier alpha value is -3.33. The minimum absolute atomic E-state index is 0.0256. The molecule has 0 aliphatic carbocycles. The normalized spacial score (nSPS) is 22.3. The predicted octanol–water partition coefficient (Wildman–Crippen LogP) is 2.94. The van der Waals surface area contributed by atoms with Gasteiger partial charge >= 0.3 is 0 Å². The second-order valence-corrected chi connectivity index (χ2v) is 9.18. The van der Waals surface area contributed by atoms with E-state index in [1.165, 1.54) is 5.56 Å². The molecule has 2 N–H and O–H groups in total. The fraction of sp³-hybridized carbons (Fsp3) is 0.346. The average Bonchev–Trinajstić information content (AvgIpc) is 3.45. The van der Waals surface area contributed by atoms with Crippen LogP contribution in [0, 0.1) is 0 Å². The van der Waals surface area contributed by atoms with Gasteiger partial charge in [-0.2, -0.15) is 0 Å². The molecule has 1 unspecified atom stereocenters. The maximum absolute atomic E-state index is 10.6. The van der Waals surface area contributed by atoms with Crippen molar-refractivity contribution in [3.05, 3.63) is 72.3 Å². The molecule has 2 atom stereocenters. The number of β-amino-alcohol motifs (C(OH)–C–C–N with tert-alkyl or cyclic N) is 1. The number of nitrogens with zero attached hydrogens (tertiary/aromatic N) is 5. The number of imidazole rings is 1. The van der Waals surface area contributed by atoms with Gasteiger partial charge in [0, 0.05) is 44.1 Å². The highest BCUT2D eigenvalue weighted by Gasteiger charge is 2.36. The van der Waals surface area contributed by atoms with E-state index >= 15 is 0 Å². The molecule has 2 aromatic heterocycles. The molecule has 0 bridgehead atoms. The van der Waals surface area contributed by atoms with Crippen LogP contribution in [-0.2, 0) is 11.3 Å². The number of aromatic nitrogens is 4. The number of rotatable bonds is 5. The number of aliphatic hydroxyl groups excluding tert-OH is 1. The molecule has 8 nitrogen and oxygen atoms in total. The van der Waals surface area contributed by atoms with E-state index in [9.17, 15) is 10.2 Å². The molecule has 174 valence electrons. The molecule has 0 spiro atoms. The number of hydrogen-bond acceptors (Lipinski definition) is 7. The van der Waals surface area contributed by atoms with Crippen LogP contribution in [0.3, 0.4) is 0 Å². The Morgan fingerprint density at radius 2 is 1.88 bits per heavy atom. The zero-order chi connectivity index (χ0) is 23.1. The van der Waals surface area contributed by atoms with Crippen LogP contribution in [0.5, 0.6) is 0 Å². The first-order chi connectivity index (χ1) is 16.6. The topological polar surface area (TPSA) is 96.5 Å². The molecule has 1 saturated heterocycles. The lowest BCUT2D eigenvalue weighted by Crippen LogP contribution is -2.34. The Morgan fingerprint density at radius 3 is 2.68 bits per heavy atom. The summed E-state index contributed by atoms with van der Waals surface area (Å²) in [5.74, 6) is 1.53. The van der Waals surface area contributed by atoms with Crippen LogP contribution >= 0.6 is 0 Å². The molecule has 4 aromatic rings. The molecule has 2 aromatic carbocycles. The van der Waals surface area contributed by atoms with Crippen LogP contribution in [-0.4, -0.2) is 61.6 Å². The predicted molar refractivity (Wildman–Crippen MR) is 128 cm³/mol. The Labute approximate surface area is 197 Å². The van der Waals surface area contributed by atoms with E-state index in [2.05, 4.69) is 44.9 Å². The van der Waals surface area contributed by atoms with Crippen LogP contribution in [0.4, 0.5) is 5.95 Å². The average molecular weight is 458 g/mol. The molecule has 0 radical (unpaired) electrons. The van der Waals surface area contributed by atoms with Crippen molar-refractivity contribution >= 4 is 17.0 Å². The smallest absolute Gasteiger partial charge is 0.225 e. The molecule has 6 rings (SSSR count). The first-order valence-electron chi connectivity index (χ1n) is 11.7. The lowest BCUT2D eigenvalue weighted by molar-refractivity contribution is 0.0363. The third-order valence-corrected chi connectivity index (χ3v) is 6.93. The molecular weight excluding hydrogens is 430 g/mol. The zero-order valence-electron chi connectivity index (χ0n) is 18.8. The van der Waals surface area contributed by atoms with Crippen molar-refractivity contribution in [3.8, 4) is 11.1 Å². The molecule has 1 fully saturated rings. The first kappa shape index (κ1) is 21.2. The van der Waals surface area contributed by atoms with Gasteiger partial charge in [0.25, 0.3) is 0 Å². The van der Waals surface area contributed by atoms with Gasteiger partial charge in [0.15, 0.2) is 0 Å². The van der Waals surface area contributed by atoms with E-state index < -0.39 is 5.60 Å². The monoisotopic (exact) mass is 457 g/mol. The van der Waals surface area contributed by atoms with Crippen molar-refractivity contribution < 1.29 is 14.9 Å². The van der Waals surface area contributed by atoms with Gasteiger partial charge in [0.05, 0.1) is 29.3 Å². The van der Waals surface area contributed by atoms with E-state index in [1.54, 1.807) is 0 Å². The van der Waals surface area contributed by atoms with Crippen LogP contribution in [0.1, 0.15) is 30.3 Å². The standard InChI is InChI=1S/C26H27N5O3/c32-11-9-26(33)8-10-30(17-26)25-27-13-20(14-28-25)19-6-7-21-22(12-19)31-23(15-34-16-24(31)29-21)18-4-2-1-3-5-18/h1-7,12-14,23,32-33H,8-11,15-17H2/t23-,26?/m1/s1. The molecule has 4 heterocycles. The molecular formula is C26H27N5O3. The Bertz CT molecular complexity index is 1310. The third-order valence-electron chi connectivity index (χ3n) is 6.93.